The van der Waals surface area contributed by atoms with Crippen LogP contribution in [0, 0.1) is 5.82 Å². The van der Waals surface area contributed by atoms with Crippen molar-refractivity contribution >= 4 is 35.1 Å². The smallest absolute Gasteiger partial charge is 0.414 e. The van der Waals surface area contributed by atoms with Crippen molar-refractivity contribution in [1.82, 2.24) is 5.32 Å². The van der Waals surface area contributed by atoms with Gasteiger partial charge in [0.05, 0.1) is 24.5 Å². The molecule has 2 heterocycles. The summed E-state index contributed by atoms with van der Waals surface area (Å²) in [5.41, 5.74) is 1.07. The number of benzene rings is 1. The molecule has 0 spiro atoms. The summed E-state index contributed by atoms with van der Waals surface area (Å²) in [6.45, 7) is 4.18. The molecule has 1 atom stereocenters. The van der Waals surface area contributed by atoms with E-state index in [9.17, 15) is 14.0 Å². The summed E-state index contributed by atoms with van der Waals surface area (Å²) >= 11 is 1.95. The molecule has 1 unspecified atom stereocenters. The number of anilines is 2. The van der Waals surface area contributed by atoms with E-state index < -0.39 is 12.2 Å². The van der Waals surface area contributed by atoms with Crippen LogP contribution in [0.4, 0.5) is 20.6 Å². The van der Waals surface area contributed by atoms with E-state index in [1.54, 1.807) is 12.1 Å². The molecule has 0 aromatic heterocycles. The van der Waals surface area contributed by atoms with Crippen LogP contribution < -0.4 is 15.1 Å². The fourth-order valence-electron chi connectivity index (χ4n) is 3.47. The van der Waals surface area contributed by atoms with Gasteiger partial charge in [0.2, 0.25) is 5.91 Å². The van der Waals surface area contributed by atoms with Crippen molar-refractivity contribution in [3.63, 3.8) is 0 Å². The number of nitrogens with one attached hydrogen (secondary N) is 1. The molecule has 2 fully saturated rings. The number of hydrogen-bond acceptors (Lipinski definition) is 5. The van der Waals surface area contributed by atoms with E-state index in [-0.39, 0.29) is 18.3 Å². The number of amides is 2. The summed E-state index contributed by atoms with van der Waals surface area (Å²) in [5, 5.41) is 2.77. The minimum Gasteiger partial charge on any atom is -0.442 e. The molecule has 3 rings (SSSR count). The molecule has 0 aliphatic carbocycles. The van der Waals surface area contributed by atoms with Crippen LogP contribution in [0.3, 0.4) is 0 Å². The van der Waals surface area contributed by atoms with Gasteiger partial charge in [-0.2, -0.15) is 11.8 Å². The Bertz CT molecular complexity index is 695. The lowest BCUT2D eigenvalue weighted by atomic mass is 10.2. The molecule has 154 valence electrons. The summed E-state index contributed by atoms with van der Waals surface area (Å²) in [5.74, 6) is 1.83. The molecular formula is C20H28FN3O3S. The fraction of sp³-hybridized carbons (Fsp3) is 0.600. The number of nitrogens with zero attached hydrogens (tertiary/aromatic N) is 2. The molecule has 1 aromatic rings. The lowest BCUT2D eigenvalue weighted by Gasteiger charge is -2.27. The maximum absolute atomic E-state index is 14.8. The number of thioether (sulfide) groups is 1. The summed E-state index contributed by atoms with van der Waals surface area (Å²) in [7, 11) is 0. The van der Waals surface area contributed by atoms with Crippen molar-refractivity contribution in [2.75, 3.05) is 47.5 Å². The number of hydrogen-bond donors (Lipinski definition) is 1. The third-order valence-electron chi connectivity index (χ3n) is 4.90. The standard InChI is InChI=1S/C20H28FN3O3S/c1-2-5-19(25)22-13-16-14-24(20(26)27-16)15-6-7-18(17(21)12-15)23-8-3-10-28-11-4-9-23/h6-7,12,16H,2-5,8-11,13-14H2,1H3,(H,22,25). The predicted octanol–water partition coefficient (Wildman–Crippen LogP) is 3.40. The molecule has 2 aliphatic heterocycles. The highest BCUT2D eigenvalue weighted by Crippen LogP contribution is 2.29. The first kappa shape index (κ1) is 20.8. The third-order valence-corrected chi connectivity index (χ3v) is 6.05. The van der Waals surface area contributed by atoms with Gasteiger partial charge in [-0.1, -0.05) is 6.92 Å². The highest BCUT2D eigenvalue weighted by Gasteiger charge is 2.33. The maximum atomic E-state index is 14.8. The predicted molar refractivity (Wildman–Crippen MR) is 111 cm³/mol. The second-order valence-electron chi connectivity index (χ2n) is 7.11. The SMILES string of the molecule is CCCC(=O)NCC1CN(c2ccc(N3CCCSCCC3)c(F)c2)C(=O)O1. The van der Waals surface area contributed by atoms with Crippen LogP contribution in [0.5, 0.6) is 0 Å². The number of ether oxygens (including phenoxy) is 1. The van der Waals surface area contributed by atoms with Gasteiger partial charge in [-0.05, 0) is 49.0 Å². The summed E-state index contributed by atoms with van der Waals surface area (Å²) < 4.78 is 20.1. The zero-order valence-electron chi connectivity index (χ0n) is 16.3. The molecule has 2 amide bonds. The van der Waals surface area contributed by atoms with Gasteiger partial charge in [-0.3, -0.25) is 9.69 Å². The zero-order valence-corrected chi connectivity index (χ0v) is 17.1. The highest BCUT2D eigenvalue weighted by atomic mass is 32.2. The first-order valence-electron chi connectivity index (χ1n) is 9.95. The molecule has 0 bridgehead atoms. The van der Waals surface area contributed by atoms with Crippen LogP contribution in [0.25, 0.3) is 0 Å². The number of carbonyl (C=O) groups excluding carboxylic acids is 2. The lowest BCUT2D eigenvalue weighted by molar-refractivity contribution is -0.121. The zero-order chi connectivity index (χ0) is 19.9. The second-order valence-corrected chi connectivity index (χ2v) is 8.34. The Kier molecular flexibility index (Phi) is 7.42. The molecule has 2 saturated heterocycles. The van der Waals surface area contributed by atoms with Crippen LogP contribution in [-0.2, 0) is 9.53 Å². The van der Waals surface area contributed by atoms with E-state index in [2.05, 4.69) is 10.2 Å². The summed E-state index contributed by atoms with van der Waals surface area (Å²) in [4.78, 5) is 27.3. The van der Waals surface area contributed by atoms with Gasteiger partial charge in [0.25, 0.3) is 0 Å². The van der Waals surface area contributed by atoms with Gasteiger partial charge in [0.1, 0.15) is 11.9 Å². The Balaban J connectivity index is 1.62. The number of rotatable bonds is 6. The van der Waals surface area contributed by atoms with Crippen LogP contribution in [-0.4, -0.2) is 55.8 Å². The Morgan fingerprint density at radius 2 is 2.07 bits per heavy atom. The van der Waals surface area contributed by atoms with E-state index in [4.69, 9.17) is 4.74 Å². The van der Waals surface area contributed by atoms with Gasteiger partial charge in [0, 0.05) is 19.5 Å². The van der Waals surface area contributed by atoms with Crippen molar-refractivity contribution in [2.45, 2.75) is 38.7 Å². The van der Waals surface area contributed by atoms with E-state index in [0.717, 1.165) is 43.9 Å². The number of halogens is 1. The van der Waals surface area contributed by atoms with Crippen LogP contribution in [0.15, 0.2) is 18.2 Å². The average molecular weight is 410 g/mol. The Hall–Kier alpha value is -1.96. The lowest BCUT2D eigenvalue weighted by Crippen LogP contribution is -2.34. The van der Waals surface area contributed by atoms with Gasteiger partial charge < -0.3 is 15.0 Å². The molecule has 28 heavy (non-hydrogen) atoms. The van der Waals surface area contributed by atoms with Crippen molar-refractivity contribution in [1.29, 1.82) is 0 Å². The molecule has 1 N–H and O–H groups in total. The van der Waals surface area contributed by atoms with Crippen molar-refractivity contribution in [2.24, 2.45) is 0 Å². The molecule has 6 nitrogen and oxygen atoms in total. The Labute approximate surface area is 169 Å². The maximum Gasteiger partial charge on any atom is 0.414 e. The van der Waals surface area contributed by atoms with Crippen LogP contribution in [0.2, 0.25) is 0 Å². The highest BCUT2D eigenvalue weighted by molar-refractivity contribution is 7.99. The minimum atomic E-state index is -0.509. The van der Waals surface area contributed by atoms with Gasteiger partial charge in [-0.15, -0.1) is 0 Å². The third kappa shape index (κ3) is 5.31. The molecular weight excluding hydrogens is 381 g/mol. The normalized spacial score (nSPS) is 20.5. The number of carbonyl (C=O) groups is 2. The first-order chi connectivity index (χ1) is 13.6. The van der Waals surface area contributed by atoms with Gasteiger partial charge >= 0.3 is 6.09 Å². The van der Waals surface area contributed by atoms with Crippen LogP contribution in [0.1, 0.15) is 32.6 Å². The summed E-state index contributed by atoms with van der Waals surface area (Å²) in [6.07, 6.45) is 2.36. The minimum absolute atomic E-state index is 0.0564. The van der Waals surface area contributed by atoms with Crippen molar-refractivity contribution in [3.8, 4) is 0 Å². The molecule has 0 radical (unpaired) electrons. The molecule has 8 heteroatoms. The van der Waals surface area contributed by atoms with Gasteiger partial charge in [-0.25, -0.2) is 9.18 Å². The fourth-order valence-corrected chi connectivity index (χ4v) is 4.34. The topological polar surface area (TPSA) is 61.9 Å². The number of cyclic esters (lactones) is 1. The summed E-state index contributed by atoms with van der Waals surface area (Å²) in [6, 6.07) is 4.93. The molecule has 2 aliphatic rings. The van der Waals surface area contributed by atoms with Crippen molar-refractivity contribution < 1.29 is 18.7 Å². The second kappa shape index (κ2) is 10.0. The van der Waals surface area contributed by atoms with E-state index >= 15 is 0 Å². The quantitative estimate of drug-likeness (QED) is 0.780. The largest absolute Gasteiger partial charge is 0.442 e. The average Bonchev–Trinajstić information content (AvgIpc) is 3.01. The Morgan fingerprint density at radius 1 is 1.32 bits per heavy atom. The van der Waals surface area contributed by atoms with Crippen molar-refractivity contribution in [3.05, 3.63) is 24.0 Å². The van der Waals surface area contributed by atoms with Gasteiger partial charge in [0.15, 0.2) is 0 Å². The van der Waals surface area contributed by atoms with E-state index in [0.29, 0.717) is 24.3 Å². The Morgan fingerprint density at radius 3 is 2.75 bits per heavy atom. The first-order valence-corrected chi connectivity index (χ1v) is 11.1. The van der Waals surface area contributed by atoms with E-state index in [1.165, 1.54) is 11.0 Å². The molecule has 0 saturated carbocycles. The monoisotopic (exact) mass is 409 g/mol. The van der Waals surface area contributed by atoms with Crippen LogP contribution >= 0.6 is 11.8 Å². The molecule has 1 aromatic carbocycles. The van der Waals surface area contributed by atoms with E-state index in [1.807, 2.05) is 18.7 Å².